The number of hydrogen-bond donors (Lipinski definition) is 1. The van der Waals surface area contributed by atoms with E-state index in [-0.39, 0.29) is 17.5 Å². The normalized spacial score (nSPS) is 23.7. The van der Waals surface area contributed by atoms with Crippen LogP contribution < -0.4 is 5.32 Å². The predicted octanol–water partition coefficient (Wildman–Crippen LogP) is 3.79. The first-order chi connectivity index (χ1) is 8.56. The minimum absolute atomic E-state index is 0.0288. The van der Waals surface area contributed by atoms with Crippen LogP contribution in [0.4, 0.5) is 4.39 Å². The summed E-state index contributed by atoms with van der Waals surface area (Å²) in [7, 11) is 0. The van der Waals surface area contributed by atoms with E-state index in [0.717, 1.165) is 31.6 Å². The quantitative estimate of drug-likeness (QED) is 0.870. The Morgan fingerprint density at radius 2 is 2.00 bits per heavy atom. The molecule has 1 aromatic carbocycles. The van der Waals surface area contributed by atoms with Crippen LogP contribution in [0.5, 0.6) is 0 Å². The lowest BCUT2D eigenvalue weighted by Crippen LogP contribution is -2.37. The molecule has 0 bridgehead atoms. The highest BCUT2D eigenvalue weighted by atomic mass is 35.5. The van der Waals surface area contributed by atoms with Gasteiger partial charge in [0.05, 0.1) is 5.56 Å². The van der Waals surface area contributed by atoms with E-state index in [9.17, 15) is 9.18 Å². The van der Waals surface area contributed by atoms with Gasteiger partial charge in [-0.05, 0) is 49.8 Å². The molecule has 0 heterocycles. The molecule has 1 aliphatic rings. The smallest absolute Gasteiger partial charge is 0.254 e. The number of benzene rings is 1. The fourth-order valence-electron chi connectivity index (χ4n) is 2.34. The van der Waals surface area contributed by atoms with Gasteiger partial charge < -0.3 is 5.32 Å². The molecule has 1 saturated carbocycles. The van der Waals surface area contributed by atoms with Crippen molar-refractivity contribution in [1.82, 2.24) is 5.32 Å². The summed E-state index contributed by atoms with van der Waals surface area (Å²) in [5, 5.41) is 3.26. The molecule has 2 rings (SSSR count). The Morgan fingerprint density at radius 3 is 2.67 bits per heavy atom. The fraction of sp³-hybridized carbons (Fsp3) is 0.500. The van der Waals surface area contributed by atoms with Crippen molar-refractivity contribution >= 4 is 17.5 Å². The van der Waals surface area contributed by atoms with Gasteiger partial charge in [0.2, 0.25) is 0 Å². The number of amides is 1. The number of carbonyl (C=O) groups is 1. The predicted molar refractivity (Wildman–Crippen MR) is 70.3 cm³/mol. The van der Waals surface area contributed by atoms with E-state index in [4.69, 9.17) is 11.6 Å². The molecule has 98 valence electrons. The fourth-order valence-corrected chi connectivity index (χ4v) is 2.51. The third kappa shape index (κ3) is 3.22. The average Bonchev–Trinajstić information content (AvgIpc) is 2.35. The second kappa shape index (κ2) is 5.70. The molecule has 18 heavy (non-hydrogen) atoms. The monoisotopic (exact) mass is 269 g/mol. The third-order valence-electron chi connectivity index (χ3n) is 3.52. The summed E-state index contributed by atoms with van der Waals surface area (Å²) in [4.78, 5) is 12.0. The van der Waals surface area contributed by atoms with Crippen molar-refractivity contribution in [2.75, 3.05) is 0 Å². The number of hydrogen-bond acceptors (Lipinski definition) is 1. The lowest BCUT2D eigenvalue weighted by molar-refractivity contribution is 0.0919. The number of halogens is 2. The van der Waals surface area contributed by atoms with Crippen LogP contribution in [0.15, 0.2) is 18.2 Å². The summed E-state index contributed by atoms with van der Waals surface area (Å²) in [5.41, 5.74) is 0.0288. The highest BCUT2D eigenvalue weighted by Gasteiger charge is 2.21. The minimum Gasteiger partial charge on any atom is -0.349 e. The van der Waals surface area contributed by atoms with E-state index in [2.05, 4.69) is 12.2 Å². The maximum atomic E-state index is 13.5. The molecule has 0 radical (unpaired) electrons. The van der Waals surface area contributed by atoms with E-state index in [1.807, 2.05) is 0 Å². The van der Waals surface area contributed by atoms with E-state index < -0.39 is 5.82 Å². The van der Waals surface area contributed by atoms with Crippen molar-refractivity contribution < 1.29 is 9.18 Å². The number of nitrogens with one attached hydrogen (secondary N) is 1. The van der Waals surface area contributed by atoms with Crippen LogP contribution in [0.25, 0.3) is 0 Å². The Morgan fingerprint density at radius 1 is 1.33 bits per heavy atom. The first-order valence-corrected chi connectivity index (χ1v) is 6.70. The Balaban J connectivity index is 2.01. The lowest BCUT2D eigenvalue weighted by atomic mass is 9.87. The molecular formula is C14H17ClFNO. The van der Waals surface area contributed by atoms with Crippen molar-refractivity contribution in [2.24, 2.45) is 5.92 Å². The van der Waals surface area contributed by atoms with Gasteiger partial charge in [-0.2, -0.15) is 0 Å². The van der Waals surface area contributed by atoms with Crippen molar-refractivity contribution in [3.63, 3.8) is 0 Å². The molecule has 4 heteroatoms. The van der Waals surface area contributed by atoms with Crippen LogP contribution in [0, 0.1) is 11.7 Å². The van der Waals surface area contributed by atoms with Crippen molar-refractivity contribution in [1.29, 1.82) is 0 Å². The zero-order valence-corrected chi connectivity index (χ0v) is 11.1. The highest BCUT2D eigenvalue weighted by molar-refractivity contribution is 6.31. The van der Waals surface area contributed by atoms with Crippen molar-refractivity contribution in [2.45, 2.75) is 38.6 Å². The van der Waals surface area contributed by atoms with Crippen LogP contribution in [-0.2, 0) is 0 Å². The summed E-state index contributed by atoms with van der Waals surface area (Å²) >= 11 is 5.78. The van der Waals surface area contributed by atoms with Gasteiger partial charge in [0.15, 0.2) is 0 Å². The Hall–Kier alpha value is -1.09. The zero-order valence-electron chi connectivity index (χ0n) is 10.4. The summed E-state index contributed by atoms with van der Waals surface area (Å²) in [6.07, 6.45) is 4.16. The molecule has 0 unspecified atom stereocenters. The van der Waals surface area contributed by atoms with Crippen LogP contribution in [-0.4, -0.2) is 11.9 Å². The molecule has 0 aromatic heterocycles. The van der Waals surface area contributed by atoms with Gasteiger partial charge in [0.25, 0.3) is 5.91 Å². The Kier molecular flexibility index (Phi) is 4.23. The van der Waals surface area contributed by atoms with Gasteiger partial charge >= 0.3 is 0 Å². The van der Waals surface area contributed by atoms with Crippen LogP contribution in [0.2, 0.25) is 5.02 Å². The maximum absolute atomic E-state index is 13.5. The highest BCUT2D eigenvalue weighted by Crippen LogP contribution is 2.24. The number of carbonyl (C=O) groups excluding carboxylic acids is 1. The van der Waals surface area contributed by atoms with Crippen molar-refractivity contribution in [3.8, 4) is 0 Å². The SMILES string of the molecule is CC1CCC(NC(=O)c2cc(Cl)ccc2F)CC1. The van der Waals surface area contributed by atoms with Crippen LogP contribution in [0.3, 0.4) is 0 Å². The first kappa shape index (κ1) is 13.3. The Labute approximate surface area is 112 Å². The number of rotatable bonds is 2. The topological polar surface area (TPSA) is 29.1 Å². The van der Waals surface area contributed by atoms with Crippen molar-refractivity contribution in [3.05, 3.63) is 34.6 Å². The maximum Gasteiger partial charge on any atom is 0.254 e. The third-order valence-corrected chi connectivity index (χ3v) is 3.76. The van der Waals surface area contributed by atoms with E-state index >= 15 is 0 Å². The van der Waals surface area contributed by atoms with Gasteiger partial charge in [0, 0.05) is 11.1 Å². The summed E-state index contributed by atoms with van der Waals surface area (Å²) in [5.74, 6) is -0.170. The van der Waals surface area contributed by atoms with Gasteiger partial charge in [0.1, 0.15) is 5.82 Å². The molecule has 1 amide bonds. The Bertz CT molecular complexity index is 441. The minimum atomic E-state index is -0.527. The van der Waals surface area contributed by atoms with E-state index in [0.29, 0.717) is 5.02 Å². The van der Waals surface area contributed by atoms with Gasteiger partial charge in [-0.15, -0.1) is 0 Å². The molecule has 1 N–H and O–H groups in total. The molecule has 0 saturated heterocycles. The van der Waals surface area contributed by atoms with Gasteiger partial charge in [-0.1, -0.05) is 18.5 Å². The van der Waals surface area contributed by atoms with E-state index in [1.54, 1.807) is 0 Å². The summed E-state index contributed by atoms with van der Waals surface area (Å²) in [6, 6.07) is 4.19. The molecule has 1 fully saturated rings. The second-order valence-corrected chi connectivity index (χ2v) is 5.49. The average molecular weight is 270 g/mol. The molecule has 0 spiro atoms. The molecule has 1 aliphatic carbocycles. The van der Waals surface area contributed by atoms with E-state index in [1.165, 1.54) is 18.2 Å². The van der Waals surface area contributed by atoms with Crippen LogP contribution in [0.1, 0.15) is 43.0 Å². The molecular weight excluding hydrogens is 253 g/mol. The molecule has 2 nitrogen and oxygen atoms in total. The zero-order chi connectivity index (χ0) is 13.1. The second-order valence-electron chi connectivity index (χ2n) is 5.05. The lowest BCUT2D eigenvalue weighted by Gasteiger charge is -2.26. The van der Waals surface area contributed by atoms with Gasteiger partial charge in [-0.25, -0.2) is 4.39 Å². The van der Waals surface area contributed by atoms with Gasteiger partial charge in [-0.3, -0.25) is 4.79 Å². The first-order valence-electron chi connectivity index (χ1n) is 6.32. The van der Waals surface area contributed by atoms with Crippen LogP contribution >= 0.6 is 11.6 Å². The summed E-state index contributed by atoms with van der Waals surface area (Å²) < 4.78 is 13.5. The standard InChI is InChI=1S/C14H17ClFNO/c1-9-2-5-11(6-3-9)17-14(18)12-8-10(15)4-7-13(12)16/h4,7-9,11H,2-3,5-6H2,1H3,(H,17,18). The largest absolute Gasteiger partial charge is 0.349 e. The molecule has 0 atom stereocenters. The molecule has 0 aliphatic heterocycles. The summed E-state index contributed by atoms with van der Waals surface area (Å²) in [6.45, 7) is 2.22. The molecule has 1 aromatic rings.